The highest BCUT2D eigenvalue weighted by atomic mass is 35.5. The molecule has 1 heterocycles. The molecule has 0 aromatic heterocycles. The number of aryl methyl sites for hydroxylation is 1. The van der Waals surface area contributed by atoms with Gasteiger partial charge in [0.2, 0.25) is 5.91 Å². The molecule has 0 spiro atoms. The SMILES string of the molecule is Cc1ccc(Cl)cc1NC(=O)[C@H](C)N1C(=O)c2ccccc2S1(=O)=O. The van der Waals surface area contributed by atoms with Crippen molar-refractivity contribution < 1.29 is 18.0 Å². The molecule has 25 heavy (non-hydrogen) atoms. The smallest absolute Gasteiger partial charge is 0.269 e. The lowest BCUT2D eigenvalue weighted by Crippen LogP contribution is -2.45. The highest BCUT2D eigenvalue weighted by Crippen LogP contribution is 2.32. The summed E-state index contributed by atoms with van der Waals surface area (Å²) in [5.74, 6) is -1.32. The summed E-state index contributed by atoms with van der Waals surface area (Å²) < 4.78 is 25.9. The lowest BCUT2D eigenvalue weighted by molar-refractivity contribution is -0.118. The average Bonchev–Trinajstić information content (AvgIpc) is 2.77. The van der Waals surface area contributed by atoms with Crippen LogP contribution in [0.2, 0.25) is 5.02 Å². The van der Waals surface area contributed by atoms with Crippen LogP contribution >= 0.6 is 11.6 Å². The topological polar surface area (TPSA) is 83.6 Å². The fourth-order valence-electron chi connectivity index (χ4n) is 2.66. The summed E-state index contributed by atoms with van der Waals surface area (Å²) in [7, 11) is -4.05. The Hall–Kier alpha value is -2.38. The average molecular weight is 379 g/mol. The number of sulfonamides is 1. The number of benzene rings is 2. The van der Waals surface area contributed by atoms with Crippen molar-refractivity contribution in [3.63, 3.8) is 0 Å². The molecule has 0 saturated heterocycles. The van der Waals surface area contributed by atoms with Crippen molar-refractivity contribution in [2.75, 3.05) is 5.32 Å². The van der Waals surface area contributed by atoms with Crippen LogP contribution in [0, 0.1) is 6.92 Å². The van der Waals surface area contributed by atoms with Crippen LogP contribution in [0.25, 0.3) is 0 Å². The lowest BCUT2D eigenvalue weighted by atomic mass is 10.1. The molecule has 2 amide bonds. The van der Waals surface area contributed by atoms with Gasteiger partial charge in [0, 0.05) is 10.7 Å². The number of carbonyl (C=O) groups is 2. The monoisotopic (exact) mass is 378 g/mol. The van der Waals surface area contributed by atoms with Crippen molar-refractivity contribution in [2.24, 2.45) is 0 Å². The Kier molecular flexibility index (Phi) is 4.30. The number of carbonyl (C=O) groups excluding carboxylic acids is 2. The summed E-state index contributed by atoms with van der Waals surface area (Å²) in [6.45, 7) is 3.15. The molecule has 2 aromatic rings. The second kappa shape index (κ2) is 6.16. The van der Waals surface area contributed by atoms with Gasteiger partial charge in [0.15, 0.2) is 0 Å². The quantitative estimate of drug-likeness (QED) is 0.890. The number of hydrogen-bond acceptors (Lipinski definition) is 4. The van der Waals surface area contributed by atoms with Gasteiger partial charge in [-0.15, -0.1) is 0 Å². The number of hydrogen-bond donors (Lipinski definition) is 1. The van der Waals surface area contributed by atoms with Gasteiger partial charge in [-0.3, -0.25) is 9.59 Å². The Morgan fingerprint density at radius 2 is 1.88 bits per heavy atom. The third-order valence-electron chi connectivity index (χ3n) is 4.04. The van der Waals surface area contributed by atoms with Crippen molar-refractivity contribution in [3.8, 4) is 0 Å². The molecule has 130 valence electrons. The summed E-state index contributed by atoms with van der Waals surface area (Å²) in [5.41, 5.74) is 1.30. The van der Waals surface area contributed by atoms with Crippen LogP contribution < -0.4 is 5.32 Å². The highest BCUT2D eigenvalue weighted by molar-refractivity contribution is 7.90. The van der Waals surface area contributed by atoms with E-state index in [0.717, 1.165) is 5.56 Å². The van der Waals surface area contributed by atoms with Crippen molar-refractivity contribution in [2.45, 2.75) is 24.8 Å². The van der Waals surface area contributed by atoms with Crippen LogP contribution in [-0.4, -0.2) is 30.6 Å². The fourth-order valence-corrected chi connectivity index (χ4v) is 4.56. The van der Waals surface area contributed by atoms with E-state index in [1.165, 1.54) is 25.1 Å². The third kappa shape index (κ3) is 2.89. The number of nitrogens with one attached hydrogen (secondary N) is 1. The van der Waals surface area contributed by atoms with Gasteiger partial charge in [-0.1, -0.05) is 29.8 Å². The van der Waals surface area contributed by atoms with Gasteiger partial charge in [-0.25, -0.2) is 12.7 Å². The van der Waals surface area contributed by atoms with Crippen LogP contribution in [0.1, 0.15) is 22.8 Å². The van der Waals surface area contributed by atoms with Crippen LogP contribution in [0.3, 0.4) is 0 Å². The lowest BCUT2D eigenvalue weighted by Gasteiger charge is -2.22. The van der Waals surface area contributed by atoms with Crippen LogP contribution in [0.15, 0.2) is 47.4 Å². The number of rotatable bonds is 3. The summed E-state index contributed by atoms with van der Waals surface area (Å²) in [5, 5.41) is 3.07. The van der Waals surface area contributed by atoms with Gasteiger partial charge in [0.05, 0.1) is 5.56 Å². The molecule has 1 atom stereocenters. The minimum absolute atomic E-state index is 0.0705. The van der Waals surface area contributed by atoms with Gasteiger partial charge in [0.1, 0.15) is 10.9 Å². The molecule has 2 aromatic carbocycles. The Morgan fingerprint density at radius 3 is 2.56 bits per heavy atom. The van der Waals surface area contributed by atoms with E-state index in [-0.39, 0.29) is 10.5 Å². The maximum atomic E-state index is 12.6. The molecule has 3 rings (SSSR count). The van der Waals surface area contributed by atoms with Crippen LogP contribution in [-0.2, 0) is 14.8 Å². The maximum absolute atomic E-state index is 12.6. The molecule has 0 radical (unpaired) electrons. The summed E-state index contributed by atoms with van der Waals surface area (Å²) in [4.78, 5) is 24.9. The third-order valence-corrected chi connectivity index (χ3v) is 6.19. The first-order valence-corrected chi connectivity index (χ1v) is 9.30. The van der Waals surface area contributed by atoms with E-state index in [4.69, 9.17) is 11.6 Å². The largest absolute Gasteiger partial charge is 0.324 e. The predicted molar refractivity (Wildman–Crippen MR) is 94.1 cm³/mol. The number of halogens is 1. The Balaban J connectivity index is 1.91. The van der Waals surface area contributed by atoms with E-state index in [1.54, 1.807) is 31.2 Å². The van der Waals surface area contributed by atoms with Gasteiger partial charge in [-0.05, 0) is 43.7 Å². The van der Waals surface area contributed by atoms with Gasteiger partial charge >= 0.3 is 0 Å². The molecule has 6 nitrogen and oxygen atoms in total. The first-order chi connectivity index (χ1) is 11.7. The Bertz CT molecular complexity index is 988. The minimum Gasteiger partial charge on any atom is -0.324 e. The molecule has 0 bridgehead atoms. The number of amides is 2. The minimum atomic E-state index is -4.05. The highest BCUT2D eigenvalue weighted by Gasteiger charge is 2.45. The zero-order valence-corrected chi connectivity index (χ0v) is 15.1. The Labute approximate surface area is 150 Å². The van der Waals surface area contributed by atoms with E-state index in [1.807, 2.05) is 0 Å². The summed E-state index contributed by atoms with van der Waals surface area (Å²) in [6.07, 6.45) is 0. The first-order valence-electron chi connectivity index (χ1n) is 7.48. The maximum Gasteiger partial charge on any atom is 0.269 e. The summed E-state index contributed by atoms with van der Waals surface area (Å²) in [6, 6.07) is 9.68. The van der Waals surface area contributed by atoms with E-state index >= 15 is 0 Å². The molecule has 8 heteroatoms. The molecular formula is C17H15ClN2O4S. The van der Waals surface area contributed by atoms with Crippen molar-refractivity contribution >= 4 is 39.1 Å². The van der Waals surface area contributed by atoms with E-state index in [2.05, 4.69) is 5.32 Å². The van der Waals surface area contributed by atoms with Crippen molar-refractivity contribution in [1.82, 2.24) is 4.31 Å². The number of nitrogens with zero attached hydrogens (tertiary/aromatic N) is 1. The number of fused-ring (bicyclic) bond motifs is 1. The van der Waals surface area contributed by atoms with E-state index in [9.17, 15) is 18.0 Å². The molecule has 0 aliphatic carbocycles. The molecular weight excluding hydrogens is 364 g/mol. The van der Waals surface area contributed by atoms with Crippen LogP contribution in [0.5, 0.6) is 0 Å². The van der Waals surface area contributed by atoms with Crippen molar-refractivity contribution in [1.29, 1.82) is 0 Å². The second-order valence-electron chi connectivity index (χ2n) is 5.73. The molecule has 0 fully saturated rings. The normalized spacial score (nSPS) is 16.4. The summed E-state index contributed by atoms with van der Waals surface area (Å²) >= 11 is 5.92. The van der Waals surface area contributed by atoms with Gasteiger partial charge in [0.25, 0.3) is 15.9 Å². The second-order valence-corrected chi connectivity index (χ2v) is 7.95. The van der Waals surface area contributed by atoms with Gasteiger partial charge in [-0.2, -0.15) is 0 Å². The fraction of sp³-hybridized carbons (Fsp3) is 0.176. The predicted octanol–water partition coefficient (Wildman–Crippen LogP) is 2.82. The van der Waals surface area contributed by atoms with Gasteiger partial charge < -0.3 is 5.32 Å². The molecule has 1 N–H and O–H groups in total. The Morgan fingerprint density at radius 1 is 1.20 bits per heavy atom. The van der Waals surface area contributed by atoms with Crippen molar-refractivity contribution in [3.05, 3.63) is 58.6 Å². The standard InChI is InChI=1S/C17H15ClN2O4S/c1-10-7-8-12(18)9-14(10)19-16(21)11(2)20-17(22)13-5-3-4-6-15(13)25(20,23)24/h3-9,11H,1-2H3,(H,19,21)/t11-/m0/s1. The first kappa shape index (κ1) is 17.4. The zero-order valence-electron chi connectivity index (χ0n) is 13.5. The van der Waals surface area contributed by atoms with E-state index in [0.29, 0.717) is 15.0 Å². The number of anilines is 1. The molecule has 1 aliphatic rings. The van der Waals surface area contributed by atoms with E-state index < -0.39 is 27.9 Å². The van der Waals surface area contributed by atoms with Crippen LogP contribution in [0.4, 0.5) is 5.69 Å². The zero-order chi connectivity index (χ0) is 18.4. The molecule has 1 aliphatic heterocycles. The molecule has 0 saturated carbocycles. The molecule has 0 unspecified atom stereocenters.